The summed E-state index contributed by atoms with van der Waals surface area (Å²) >= 11 is 0. The number of nitrogen functional groups attached to an aromatic ring is 1. The van der Waals surface area contributed by atoms with Gasteiger partial charge >= 0.3 is 0 Å². The lowest BCUT2D eigenvalue weighted by Crippen LogP contribution is -2.14. The molecule has 0 fully saturated rings. The van der Waals surface area contributed by atoms with Crippen LogP contribution in [0.15, 0.2) is 18.2 Å². The van der Waals surface area contributed by atoms with Crippen molar-refractivity contribution in [3.63, 3.8) is 0 Å². The van der Waals surface area contributed by atoms with Crippen LogP contribution in [0.5, 0.6) is 0 Å². The van der Waals surface area contributed by atoms with Gasteiger partial charge in [-0.1, -0.05) is 0 Å². The summed E-state index contributed by atoms with van der Waals surface area (Å²) in [5.41, 5.74) is 6.11. The van der Waals surface area contributed by atoms with Gasteiger partial charge in [0.1, 0.15) is 11.7 Å². The maximum atomic E-state index is 13.3. The van der Waals surface area contributed by atoms with E-state index in [1.165, 1.54) is 6.07 Å². The van der Waals surface area contributed by atoms with Crippen molar-refractivity contribution in [3.05, 3.63) is 29.6 Å². The number of rotatable bonds is 2. The zero-order valence-corrected chi connectivity index (χ0v) is 10.1. The molecule has 0 aliphatic carbocycles. The van der Waals surface area contributed by atoms with Crippen LogP contribution in [0.1, 0.15) is 5.56 Å². The van der Waals surface area contributed by atoms with Crippen molar-refractivity contribution in [2.45, 2.75) is 0 Å². The predicted octanol–water partition coefficient (Wildman–Crippen LogP) is 2.02. The van der Waals surface area contributed by atoms with Crippen molar-refractivity contribution in [2.24, 2.45) is 5.73 Å². The van der Waals surface area contributed by atoms with E-state index in [2.05, 4.69) is 0 Å². The molecule has 6 heteroatoms. The Morgan fingerprint density at radius 2 is 1.87 bits per heavy atom. The molecule has 0 aliphatic rings. The lowest BCUT2D eigenvalue weighted by atomic mass is 10.2. The Balaban J connectivity index is 0. The number of anilines is 1. The first-order chi connectivity index (χ1) is 6.02. The average Bonchev–Trinajstić information content (AvgIpc) is 2.03. The molecule has 0 aromatic heterocycles. The average molecular weight is 254 g/mol. The lowest BCUT2D eigenvalue weighted by Gasteiger charge is -2.13. The highest BCUT2D eigenvalue weighted by Crippen LogP contribution is 2.17. The van der Waals surface area contributed by atoms with Crippen LogP contribution < -0.4 is 10.6 Å². The molecular formula is C9H14Cl2FN3. The number of nitrogens with zero attached hydrogens (tertiary/aromatic N) is 1. The van der Waals surface area contributed by atoms with E-state index in [1.54, 1.807) is 31.1 Å². The fraction of sp³-hybridized carbons (Fsp3) is 0.222. The zero-order valence-electron chi connectivity index (χ0n) is 8.45. The van der Waals surface area contributed by atoms with Crippen molar-refractivity contribution in [3.8, 4) is 0 Å². The highest BCUT2D eigenvalue weighted by Gasteiger charge is 2.05. The third-order valence-electron chi connectivity index (χ3n) is 1.74. The van der Waals surface area contributed by atoms with Crippen LogP contribution in [-0.4, -0.2) is 19.9 Å². The molecular weight excluding hydrogens is 240 g/mol. The van der Waals surface area contributed by atoms with Gasteiger partial charge in [0, 0.05) is 19.7 Å². The Labute approximate surface area is 101 Å². The van der Waals surface area contributed by atoms with Gasteiger partial charge in [0.05, 0.1) is 5.69 Å². The Morgan fingerprint density at radius 3 is 2.20 bits per heavy atom. The summed E-state index contributed by atoms with van der Waals surface area (Å²) in [5, 5.41) is 7.11. The minimum atomic E-state index is -0.363. The molecule has 0 atom stereocenters. The topological polar surface area (TPSA) is 53.1 Å². The molecule has 0 saturated carbocycles. The van der Waals surface area contributed by atoms with Gasteiger partial charge in [0.15, 0.2) is 0 Å². The van der Waals surface area contributed by atoms with E-state index in [1.807, 2.05) is 0 Å². The van der Waals surface area contributed by atoms with E-state index in [0.717, 1.165) is 0 Å². The van der Waals surface area contributed by atoms with Crippen molar-refractivity contribution in [2.75, 3.05) is 19.0 Å². The first-order valence-electron chi connectivity index (χ1n) is 3.83. The largest absolute Gasteiger partial charge is 0.384 e. The van der Waals surface area contributed by atoms with Gasteiger partial charge in [0.25, 0.3) is 0 Å². The molecule has 0 unspecified atom stereocenters. The van der Waals surface area contributed by atoms with Gasteiger partial charge in [-0.05, 0) is 18.2 Å². The molecule has 0 radical (unpaired) electrons. The van der Waals surface area contributed by atoms with Crippen LogP contribution in [0.3, 0.4) is 0 Å². The molecule has 1 rings (SSSR count). The van der Waals surface area contributed by atoms with Gasteiger partial charge in [-0.25, -0.2) is 4.39 Å². The molecule has 3 nitrogen and oxygen atoms in total. The Hall–Kier alpha value is -1.000. The fourth-order valence-corrected chi connectivity index (χ4v) is 1.04. The lowest BCUT2D eigenvalue weighted by molar-refractivity contribution is 0.626. The molecule has 0 bridgehead atoms. The molecule has 0 aliphatic heterocycles. The van der Waals surface area contributed by atoms with Crippen molar-refractivity contribution in [1.29, 1.82) is 5.41 Å². The number of benzene rings is 1. The first-order valence-corrected chi connectivity index (χ1v) is 3.83. The fourth-order valence-electron chi connectivity index (χ4n) is 1.04. The SMILES string of the molecule is CN(C)c1ccc(C(=N)N)cc1F.Cl.Cl. The summed E-state index contributed by atoms with van der Waals surface area (Å²) in [5.74, 6) is -0.484. The molecule has 0 saturated heterocycles. The normalized spacial score (nSPS) is 8.47. The molecule has 0 amide bonds. The van der Waals surface area contributed by atoms with Crippen LogP contribution in [0.4, 0.5) is 10.1 Å². The third-order valence-corrected chi connectivity index (χ3v) is 1.74. The summed E-state index contributed by atoms with van der Waals surface area (Å²) in [4.78, 5) is 1.67. The third kappa shape index (κ3) is 3.93. The number of amidine groups is 1. The van der Waals surface area contributed by atoms with Crippen LogP contribution in [0.25, 0.3) is 0 Å². The molecule has 1 aromatic rings. The van der Waals surface area contributed by atoms with Crippen LogP contribution in [0.2, 0.25) is 0 Å². The van der Waals surface area contributed by atoms with Crippen molar-refractivity contribution in [1.82, 2.24) is 0 Å². The number of hydrogen-bond acceptors (Lipinski definition) is 2. The van der Waals surface area contributed by atoms with Gasteiger partial charge < -0.3 is 10.6 Å². The zero-order chi connectivity index (χ0) is 10.0. The summed E-state index contributed by atoms with van der Waals surface area (Å²) < 4.78 is 13.3. The Bertz CT molecular complexity index is 342. The minimum absolute atomic E-state index is 0. The highest BCUT2D eigenvalue weighted by atomic mass is 35.5. The highest BCUT2D eigenvalue weighted by molar-refractivity contribution is 5.95. The number of halogens is 3. The Morgan fingerprint density at radius 1 is 1.33 bits per heavy atom. The molecule has 15 heavy (non-hydrogen) atoms. The van der Waals surface area contributed by atoms with E-state index in [0.29, 0.717) is 11.3 Å². The Kier molecular flexibility index (Phi) is 7.10. The van der Waals surface area contributed by atoms with Gasteiger partial charge in [0.2, 0.25) is 0 Å². The van der Waals surface area contributed by atoms with Gasteiger partial charge in [-0.3, -0.25) is 5.41 Å². The molecule has 3 N–H and O–H groups in total. The molecule has 1 aromatic carbocycles. The van der Waals surface area contributed by atoms with E-state index < -0.39 is 0 Å². The minimum Gasteiger partial charge on any atom is -0.384 e. The van der Waals surface area contributed by atoms with Gasteiger partial charge in [-0.2, -0.15) is 0 Å². The van der Waals surface area contributed by atoms with E-state index in [-0.39, 0.29) is 36.5 Å². The number of nitrogens with two attached hydrogens (primary N) is 1. The second kappa shape index (κ2) is 6.48. The first kappa shape index (κ1) is 16.4. The summed E-state index contributed by atoms with van der Waals surface area (Å²) in [6.45, 7) is 0. The number of hydrogen-bond donors (Lipinski definition) is 2. The smallest absolute Gasteiger partial charge is 0.147 e. The van der Waals surface area contributed by atoms with Gasteiger partial charge in [-0.15, -0.1) is 24.8 Å². The second-order valence-electron chi connectivity index (χ2n) is 2.97. The monoisotopic (exact) mass is 253 g/mol. The standard InChI is InChI=1S/C9H12FN3.2ClH/c1-13(2)8-4-3-6(9(11)12)5-7(8)10;;/h3-5H,1-2H3,(H3,11,12);2*1H. The maximum absolute atomic E-state index is 13.3. The van der Waals surface area contributed by atoms with Crippen LogP contribution in [-0.2, 0) is 0 Å². The quantitative estimate of drug-likeness (QED) is 0.626. The van der Waals surface area contributed by atoms with E-state index in [9.17, 15) is 4.39 Å². The summed E-state index contributed by atoms with van der Waals surface area (Å²) in [6.07, 6.45) is 0. The van der Waals surface area contributed by atoms with Crippen molar-refractivity contribution < 1.29 is 4.39 Å². The number of nitrogens with one attached hydrogen (secondary N) is 1. The summed E-state index contributed by atoms with van der Waals surface area (Å²) in [6, 6.07) is 4.49. The van der Waals surface area contributed by atoms with Crippen LogP contribution >= 0.6 is 24.8 Å². The molecule has 0 heterocycles. The second-order valence-corrected chi connectivity index (χ2v) is 2.97. The maximum Gasteiger partial charge on any atom is 0.147 e. The van der Waals surface area contributed by atoms with Crippen molar-refractivity contribution >= 4 is 36.3 Å². The predicted molar refractivity (Wildman–Crippen MR) is 66.2 cm³/mol. The van der Waals surface area contributed by atoms with Crippen LogP contribution in [0, 0.1) is 11.2 Å². The van der Waals surface area contributed by atoms with E-state index >= 15 is 0 Å². The molecule has 0 spiro atoms. The summed E-state index contributed by atoms with van der Waals surface area (Å²) in [7, 11) is 3.51. The molecule has 86 valence electrons. The van der Waals surface area contributed by atoms with E-state index in [4.69, 9.17) is 11.1 Å².